The molecule has 0 aromatic heterocycles. The van der Waals surface area contributed by atoms with Crippen molar-refractivity contribution in [2.75, 3.05) is 37.5 Å². The van der Waals surface area contributed by atoms with E-state index in [0.717, 1.165) is 5.70 Å². The highest BCUT2D eigenvalue weighted by molar-refractivity contribution is 7.86. The van der Waals surface area contributed by atoms with Crippen LogP contribution in [-0.4, -0.2) is 58.9 Å². The maximum atomic E-state index is 13.3. The molecule has 0 saturated heterocycles. The number of alkyl halides is 3. The number of halogens is 3. The molecule has 0 unspecified atom stereocenters. The molecular weight excluding hydrogens is 525 g/mol. The molecule has 1 N–H and O–H groups in total. The van der Waals surface area contributed by atoms with Gasteiger partial charge in [0.1, 0.15) is 0 Å². The predicted molar refractivity (Wildman–Crippen MR) is 136 cm³/mol. The number of carbonyl (C=O) groups is 2. The van der Waals surface area contributed by atoms with Crippen molar-refractivity contribution in [2.24, 2.45) is 5.41 Å². The molecule has 0 radical (unpaired) electrons. The maximum absolute atomic E-state index is 13.3. The number of esters is 1. The van der Waals surface area contributed by atoms with Crippen LogP contribution in [0.2, 0.25) is 0 Å². The van der Waals surface area contributed by atoms with E-state index in [4.69, 9.17) is 4.74 Å². The van der Waals surface area contributed by atoms with Gasteiger partial charge in [0.2, 0.25) is 0 Å². The van der Waals surface area contributed by atoms with E-state index >= 15 is 0 Å². The van der Waals surface area contributed by atoms with Crippen LogP contribution in [0, 0.1) is 5.41 Å². The highest BCUT2D eigenvalue weighted by Crippen LogP contribution is 2.47. The fraction of sp³-hybridized carbons (Fsp3) is 0.538. The number of Topliss-reactive ketones (excluding diaryl/α,β-unsaturated/α-hetero) is 1. The molecule has 210 valence electrons. The van der Waals surface area contributed by atoms with Crippen LogP contribution < -0.4 is 10.2 Å². The first kappa shape index (κ1) is 29.7. The largest absolute Gasteiger partial charge is 0.463 e. The van der Waals surface area contributed by atoms with Gasteiger partial charge in [0.25, 0.3) is 10.1 Å². The normalized spacial score (nSPS) is 19.7. The summed E-state index contributed by atoms with van der Waals surface area (Å²) in [5.41, 5.74) is 3.34. The van der Waals surface area contributed by atoms with Crippen LogP contribution in [0.5, 0.6) is 0 Å². The van der Waals surface area contributed by atoms with Crippen LogP contribution in [0.15, 0.2) is 46.8 Å². The van der Waals surface area contributed by atoms with Gasteiger partial charge in [0, 0.05) is 48.6 Å². The summed E-state index contributed by atoms with van der Waals surface area (Å²) < 4.78 is 69.9. The smallest absolute Gasteiger partial charge is 0.413 e. The van der Waals surface area contributed by atoms with Crippen molar-refractivity contribution < 1.29 is 40.1 Å². The van der Waals surface area contributed by atoms with E-state index in [0.29, 0.717) is 40.9 Å². The molecule has 3 rings (SSSR count). The number of hydrogen-bond acceptors (Lipinski definition) is 8. The van der Waals surface area contributed by atoms with Gasteiger partial charge in [-0.2, -0.15) is 21.6 Å². The van der Waals surface area contributed by atoms with Crippen molar-refractivity contribution in [1.82, 2.24) is 5.32 Å². The second kappa shape index (κ2) is 11.1. The molecule has 0 amide bonds. The van der Waals surface area contributed by atoms with Gasteiger partial charge >= 0.3 is 12.1 Å². The molecule has 38 heavy (non-hydrogen) atoms. The Morgan fingerprint density at radius 3 is 2.39 bits per heavy atom. The summed E-state index contributed by atoms with van der Waals surface area (Å²) in [6.45, 7) is 5.72. The van der Waals surface area contributed by atoms with E-state index in [9.17, 15) is 31.2 Å². The summed E-state index contributed by atoms with van der Waals surface area (Å²) >= 11 is 0. The third kappa shape index (κ3) is 7.16. The summed E-state index contributed by atoms with van der Waals surface area (Å²) in [5, 5.41) is 3.26. The predicted octanol–water partition coefficient (Wildman–Crippen LogP) is 4.20. The van der Waals surface area contributed by atoms with Crippen molar-refractivity contribution >= 4 is 27.6 Å². The van der Waals surface area contributed by atoms with Crippen LogP contribution in [0.1, 0.15) is 52.0 Å². The molecule has 1 atom stereocenters. The second-order valence-electron chi connectivity index (χ2n) is 10.3. The van der Waals surface area contributed by atoms with Crippen molar-refractivity contribution in [1.29, 1.82) is 0 Å². The number of ether oxygens (including phenoxy) is 1. The molecule has 1 heterocycles. The lowest BCUT2D eigenvalue weighted by atomic mass is 9.68. The number of anilines is 1. The monoisotopic (exact) mass is 558 g/mol. The van der Waals surface area contributed by atoms with E-state index < -0.39 is 40.5 Å². The Kier molecular flexibility index (Phi) is 8.67. The van der Waals surface area contributed by atoms with Crippen molar-refractivity contribution in [3.63, 3.8) is 0 Å². The molecule has 0 bridgehead atoms. The maximum Gasteiger partial charge on any atom is 0.413 e. The molecule has 0 saturated carbocycles. The third-order valence-corrected chi connectivity index (χ3v) is 7.64. The Morgan fingerprint density at radius 2 is 1.82 bits per heavy atom. The van der Waals surface area contributed by atoms with Crippen LogP contribution >= 0.6 is 0 Å². The number of nitrogens with zero attached hydrogens (tertiary/aromatic N) is 1. The first-order valence-electron chi connectivity index (χ1n) is 12.2. The Morgan fingerprint density at radius 1 is 1.18 bits per heavy atom. The molecule has 1 aliphatic carbocycles. The number of carbonyl (C=O) groups excluding carboxylic acids is 2. The first-order valence-corrected chi connectivity index (χ1v) is 13.8. The average molecular weight is 559 g/mol. The lowest BCUT2D eigenvalue weighted by molar-refractivity contribution is -0.152. The zero-order valence-electron chi connectivity index (χ0n) is 22.1. The molecule has 8 nitrogen and oxygen atoms in total. The van der Waals surface area contributed by atoms with Crippen molar-refractivity contribution in [3.05, 3.63) is 52.4 Å². The minimum absolute atomic E-state index is 0.0479. The van der Waals surface area contributed by atoms with Gasteiger partial charge in [-0.3, -0.25) is 8.98 Å². The lowest BCUT2D eigenvalue weighted by Crippen LogP contribution is -2.38. The molecule has 1 aromatic rings. The van der Waals surface area contributed by atoms with E-state index in [1.165, 1.54) is 0 Å². The van der Waals surface area contributed by atoms with Crippen LogP contribution in [0.4, 0.5) is 18.9 Å². The van der Waals surface area contributed by atoms with E-state index in [-0.39, 0.29) is 24.3 Å². The van der Waals surface area contributed by atoms with E-state index in [1.54, 1.807) is 50.1 Å². The van der Waals surface area contributed by atoms with Gasteiger partial charge < -0.3 is 15.0 Å². The zero-order chi connectivity index (χ0) is 28.5. The van der Waals surface area contributed by atoms with E-state index in [2.05, 4.69) is 9.50 Å². The summed E-state index contributed by atoms with van der Waals surface area (Å²) in [7, 11) is -2.77. The highest BCUT2D eigenvalue weighted by atomic mass is 32.2. The Hall–Kier alpha value is -2.86. The SMILES string of the molecule is CCOC(=O)C1=C(C)NC2=C(C(=O)CC(C)(C)C2)[C@H]1c1ccc(N(C)CCS(=O)(=O)OCC(F)(F)F)cc1. The second-order valence-corrected chi connectivity index (χ2v) is 12.1. The van der Waals surface area contributed by atoms with Crippen molar-refractivity contribution in [3.8, 4) is 0 Å². The van der Waals surface area contributed by atoms with Crippen LogP contribution in [-0.2, 0) is 28.6 Å². The highest BCUT2D eigenvalue weighted by Gasteiger charge is 2.43. The van der Waals surface area contributed by atoms with Gasteiger partial charge in [0.15, 0.2) is 12.4 Å². The number of rotatable bonds is 9. The number of hydrogen-bond donors (Lipinski definition) is 1. The van der Waals surface area contributed by atoms with Crippen LogP contribution in [0.3, 0.4) is 0 Å². The quantitative estimate of drug-likeness (QED) is 0.356. The average Bonchev–Trinajstić information content (AvgIpc) is 2.79. The Bertz CT molecular complexity index is 1250. The van der Waals surface area contributed by atoms with Crippen LogP contribution in [0.25, 0.3) is 0 Å². The molecule has 12 heteroatoms. The van der Waals surface area contributed by atoms with E-state index in [1.807, 2.05) is 13.8 Å². The van der Waals surface area contributed by atoms with Gasteiger partial charge in [-0.1, -0.05) is 26.0 Å². The minimum Gasteiger partial charge on any atom is -0.463 e. The fourth-order valence-electron chi connectivity index (χ4n) is 4.76. The number of nitrogens with one attached hydrogen (secondary N) is 1. The summed E-state index contributed by atoms with van der Waals surface area (Å²) in [5.74, 6) is -1.83. The summed E-state index contributed by atoms with van der Waals surface area (Å²) in [4.78, 5) is 27.8. The Labute approximate surface area is 221 Å². The number of dihydropyridines is 1. The third-order valence-electron chi connectivity index (χ3n) is 6.48. The molecule has 1 aliphatic heterocycles. The molecular formula is C26H33F3N2O6S. The van der Waals surface area contributed by atoms with Crippen molar-refractivity contribution in [2.45, 2.75) is 52.6 Å². The fourth-order valence-corrected chi connectivity index (χ4v) is 5.69. The Balaban J connectivity index is 1.87. The number of benzene rings is 1. The lowest BCUT2D eigenvalue weighted by Gasteiger charge is -2.39. The molecule has 0 fully saturated rings. The topological polar surface area (TPSA) is 102 Å². The standard InChI is InChI=1S/C26H33F3N2O6S/c1-6-36-24(33)21-16(2)30-19-13-25(3,4)14-20(32)23(19)22(21)17-7-9-18(10-8-17)31(5)11-12-38(34,35)37-15-26(27,28)29/h7-10,22,30H,6,11-15H2,1-5H3/t22-/m0/s1. The number of ketones is 1. The van der Waals surface area contributed by atoms with Gasteiger partial charge in [-0.25, -0.2) is 4.79 Å². The minimum atomic E-state index is -4.75. The zero-order valence-corrected chi connectivity index (χ0v) is 22.9. The summed E-state index contributed by atoms with van der Waals surface area (Å²) in [6, 6.07) is 6.91. The summed E-state index contributed by atoms with van der Waals surface area (Å²) in [6.07, 6.45) is -3.77. The number of allylic oxidation sites excluding steroid dienone is 3. The van der Waals surface area contributed by atoms with Gasteiger partial charge in [-0.05, 0) is 43.4 Å². The van der Waals surface area contributed by atoms with Gasteiger partial charge in [0.05, 0.1) is 17.9 Å². The first-order chi connectivity index (χ1) is 17.5. The molecule has 2 aliphatic rings. The molecule has 0 spiro atoms. The molecule has 1 aromatic carbocycles. The van der Waals surface area contributed by atoms with Gasteiger partial charge in [-0.15, -0.1) is 0 Å².